The van der Waals surface area contributed by atoms with E-state index in [0.29, 0.717) is 13.0 Å². The van der Waals surface area contributed by atoms with Gasteiger partial charge in [0, 0.05) is 31.8 Å². The fourth-order valence-electron chi connectivity index (χ4n) is 1.44. The maximum absolute atomic E-state index is 11.6. The molecule has 1 aromatic rings. The van der Waals surface area contributed by atoms with E-state index in [4.69, 9.17) is 15.0 Å². The Kier molecular flexibility index (Phi) is 8.40. The number of aromatic nitrogens is 2. The molecule has 0 aromatic carbocycles. The Balaban J connectivity index is 0.00000110. The van der Waals surface area contributed by atoms with Crippen LogP contribution < -0.4 is 0 Å². The second-order valence-corrected chi connectivity index (χ2v) is 4.12. The van der Waals surface area contributed by atoms with Crippen LogP contribution in [0, 0.1) is 6.92 Å². The first-order valence-electron chi connectivity index (χ1n) is 5.94. The number of aromatic amines is 1. The molecule has 0 fully saturated rings. The summed E-state index contributed by atoms with van der Waals surface area (Å²) in [5, 5.41) is 15.4. The third kappa shape index (κ3) is 7.85. The van der Waals surface area contributed by atoms with E-state index >= 15 is 0 Å². The molecule has 0 bridgehead atoms. The average molecular weight is 285 g/mol. The van der Waals surface area contributed by atoms with Crippen molar-refractivity contribution in [3.8, 4) is 0 Å². The number of rotatable bonds is 6. The zero-order chi connectivity index (χ0) is 15.5. The van der Waals surface area contributed by atoms with Crippen molar-refractivity contribution in [2.24, 2.45) is 0 Å². The van der Waals surface area contributed by atoms with Crippen LogP contribution in [0.3, 0.4) is 0 Å². The predicted molar refractivity (Wildman–Crippen MR) is 70.0 cm³/mol. The Labute approximate surface area is 116 Å². The van der Waals surface area contributed by atoms with Crippen LogP contribution in [0.2, 0.25) is 0 Å². The van der Waals surface area contributed by atoms with Crippen molar-refractivity contribution in [1.29, 1.82) is 0 Å². The molecule has 1 amide bonds. The van der Waals surface area contributed by atoms with Gasteiger partial charge in [0.2, 0.25) is 5.91 Å². The molecule has 0 aliphatic carbocycles. The van der Waals surface area contributed by atoms with Gasteiger partial charge in [0.15, 0.2) is 0 Å². The number of carbonyl (C=O) groups is 3. The molecule has 8 heteroatoms. The molecule has 0 aliphatic rings. The third-order valence-corrected chi connectivity index (χ3v) is 2.35. The third-order valence-electron chi connectivity index (χ3n) is 2.35. The number of aryl methyl sites for hydroxylation is 1. The van der Waals surface area contributed by atoms with Gasteiger partial charge in [-0.3, -0.25) is 14.4 Å². The van der Waals surface area contributed by atoms with Gasteiger partial charge in [-0.15, -0.1) is 0 Å². The van der Waals surface area contributed by atoms with Gasteiger partial charge >= 0.3 is 5.97 Å². The minimum atomic E-state index is -0.873. The Morgan fingerprint density at radius 2 is 2.05 bits per heavy atom. The lowest BCUT2D eigenvalue weighted by atomic mass is 10.2. The molecule has 1 aromatic heterocycles. The monoisotopic (exact) mass is 285 g/mol. The van der Waals surface area contributed by atoms with E-state index in [1.54, 1.807) is 18.1 Å². The second-order valence-electron chi connectivity index (χ2n) is 4.12. The van der Waals surface area contributed by atoms with Gasteiger partial charge in [0.05, 0.1) is 6.54 Å². The van der Waals surface area contributed by atoms with E-state index in [-0.39, 0.29) is 25.2 Å². The Morgan fingerprint density at radius 1 is 1.45 bits per heavy atom. The number of carbonyl (C=O) groups excluding carboxylic acids is 1. The van der Waals surface area contributed by atoms with Crippen molar-refractivity contribution >= 4 is 18.3 Å². The molecule has 112 valence electrons. The van der Waals surface area contributed by atoms with E-state index in [9.17, 15) is 9.59 Å². The molecule has 0 spiro atoms. The molecule has 0 saturated heterocycles. The molecule has 3 N–H and O–H groups in total. The van der Waals surface area contributed by atoms with Crippen LogP contribution in [0.4, 0.5) is 0 Å². The molecule has 0 unspecified atom stereocenters. The molecule has 8 nitrogen and oxygen atoms in total. The number of carboxylic acids is 1. The lowest BCUT2D eigenvalue weighted by Gasteiger charge is -2.15. The van der Waals surface area contributed by atoms with Gasteiger partial charge < -0.3 is 20.1 Å². The van der Waals surface area contributed by atoms with Gasteiger partial charge in [-0.2, -0.15) is 0 Å². The van der Waals surface area contributed by atoms with E-state index in [1.165, 1.54) is 0 Å². The summed E-state index contributed by atoms with van der Waals surface area (Å²) in [6, 6.07) is 0. The summed E-state index contributed by atoms with van der Waals surface area (Å²) >= 11 is 0. The van der Waals surface area contributed by atoms with Crippen molar-refractivity contribution in [2.75, 3.05) is 7.05 Å². The molecule has 1 heterocycles. The predicted octanol–water partition coefficient (Wildman–Crippen LogP) is 0.632. The SMILES string of the molecule is Cc1cnc(CN(C)C(=O)CCCC(=O)O)[nH]1.O=CO. The molecule has 0 atom stereocenters. The summed E-state index contributed by atoms with van der Waals surface area (Å²) < 4.78 is 0. The normalized spacial score (nSPS) is 9.30. The zero-order valence-electron chi connectivity index (χ0n) is 11.5. The highest BCUT2D eigenvalue weighted by Crippen LogP contribution is 2.04. The molecule has 1 rings (SSSR count). The van der Waals surface area contributed by atoms with Crippen LogP contribution in [0.5, 0.6) is 0 Å². The molecule has 0 aliphatic heterocycles. The molecule has 20 heavy (non-hydrogen) atoms. The summed E-state index contributed by atoms with van der Waals surface area (Å²) in [5.41, 5.74) is 0.951. The van der Waals surface area contributed by atoms with Crippen molar-refractivity contribution in [2.45, 2.75) is 32.7 Å². The minimum Gasteiger partial charge on any atom is -0.483 e. The summed E-state index contributed by atoms with van der Waals surface area (Å²) in [6.45, 7) is 2.06. The first-order chi connectivity index (χ1) is 9.40. The van der Waals surface area contributed by atoms with Crippen LogP contribution in [0.15, 0.2) is 6.20 Å². The van der Waals surface area contributed by atoms with Crippen LogP contribution in [-0.4, -0.2) is 50.5 Å². The van der Waals surface area contributed by atoms with Crippen molar-refractivity contribution in [1.82, 2.24) is 14.9 Å². The highest BCUT2D eigenvalue weighted by Gasteiger charge is 2.11. The fourth-order valence-corrected chi connectivity index (χ4v) is 1.44. The van der Waals surface area contributed by atoms with E-state index in [0.717, 1.165) is 11.5 Å². The molecule has 0 saturated carbocycles. The number of amides is 1. The molecule has 0 radical (unpaired) electrons. The van der Waals surface area contributed by atoms with E-state index in [1.807, 2.05) is 6.92 Å². The van der Waals surface area contributed by atoms with Crippen LogP contribution in [0.25, 0.3) is 0 Å². The van der Waals surface area contributed by atoms with Crippen LogP contribution in [0.1, 0.15) is 30.8 Å². The smallest absolute Gasteiger partial charge is 0.303 e. The summed E-state index contributed by atoms with van der Waals surface area (Å²) in [7, 11) is 1.68. The number of imidazole rings is 1. The fraction of sp³-hybridized carbons (Fsp3) is 0.500. The summed E-state index contributed by atoms with van der Waals surface area (Å²) in [5.74, 6) is -0.209. The number of aliphatic carboxylic acids is 1. The van der Waals surface area contributed by atoms with Gasteiger partial charge in [0.25, 0.3) is 6.47 Å². The van der Waals surface area contributed by atoms with Crippen molar-refractivity contribution in [3.05, 3.63) is 17.7 Å². The van der Waals surface area contributed by atoms with Gasteiger partial charge in [0.1, 0.15) is 5.82 Å². The van der Waals surface area contributed by atoms with Gasteiger partial charge in [-0.1, -0.05) is 0 Å². The first kappa shape index (κ1) is 17.6. The van der Waals surface area contributed by atoms with Crippen LogP contribution >= 0.6 is 0 Å². The number of hydrogen-bond acceptors (Lipinski definition) is 4. The number of hydrogen-bond donors (Lipinski definition) is 3. The summed E-state index contributed by atoms with van der Waals surface area (Å²) in [4.78, 5) is 39.0. The molecular weight excluding hydrogens is 266 g/mol. The van der Waals surface area contributed by atoms with Crippen molar-refractivity contribution < 1.29 is 24.6 Å². The first-order valence-corrected chi connectivity index (χ1v) is 5.94. The maximum Gasteiger partial charge on any atom is 0.303 e. The highest BCUT2D eigenvalue weighted by atomic mass is 16.4. The second kappa shape index (κ2) is 9.54. The molecular formula is C12H19N3O5. The topological polar surface area (TPSA) is 124 Å². The Bertz CT molecular complexity index is 444. The Morgan fingerprint density at radius 3 is 2.50 bits per heavy atom. The quantitative estimate of drug-likeness (QED) is 0.659. The highest BCUT2D eigenvalue weighted by molar-refractivity contribution is 5.76. The number of nitrogens with one attached hydrogen (secondary N) is 1. The zero-order valence-corrected chi connectivity index (χ0v) is 11.5. The van der Waals surface area contributed by atoms with Crippen molar-refractivity contribution in [3.63, 3.8) is 0 Å². The summed E-state index contributed by atoms with van der Waals surface area (Å²) in [6.07, 6.45) is 2.36. The average Bonchev–Trinajstić information content (AvgIpc) is 2.75. The maximum atomic E-state index is 11.6. The Hall–Kier alpha value is -2.38. The van der Waals surface area contributed by atoms with E-state index < -0.39 is 5.97 Å². The minimum absolute atomic E-state index is 0.0272. The lowest BCUT2D eigenvalue weighted by molar-refractivity contribution is -0.137. The number of H-pyrrole nitrogens is 1. The van der Waals surface area contributed by atoms with Gasteiger partial charge in [-0.05, 0) is 13.3 Å². The van der Waals surface area contributed by atoms with Gasteiger partial charge in [-0.25, -0.2) is 4.98 Å². The number of nitrogens with zero attached hydrogens (tertiary/aromatic N) is 2. The van der Waals surface area contributed by atoms with Crippen LogP contribution in [-0.2, 0) is 20.9 Å². The number of carboxylic acid groups (broad SMARTS) is 2. The standard InChI is InChI=1S/C11H17N3O3.CH2O2/c1-8-6-12-9(13-8)7-14(2)10(15)4-3-5-11(16)17;2-1-3/h6H,3-5,7H2,1-2H3,(H,12,13)(H,16,17);1H,(H,2,3). The lowest BCUT2D eigenvalue weighted by Crippen LogP contribution is -2.26. The largest absolute Gasteiger partial charge is 0.483 e. The van der Waals surface area contributed by atoms with E-state index in [2.05, 4.69) is 9.97 Å².